The van der Waals surface area contributed by atoms with Crippen molar-refractivity contribution in [1.82, 2.24) is 0 Å². The van der Waals surface area contributed by atoms with Crippen LogP contribution in [0.25, 0.3) is 6.08 Å². The van der Waals surface area contributed by atoms with E-state index in [4.69, 9.17) is 0 Å². The Hall–Kier alpha value is -1.65. The minimum absolute atomic E-state index is 0.197. The first-order valence-corrected chi connectivity index (χ1v) is 15.0. The molecule has 0 saturated heterocycles. The van der Waals surface area contributed by atoms with Crippen molar-refractivity contribution in [3.8, 4) is 0 Å². The van der Waals surface area contributed by atoms with E-state index in [1.807, 2.05) is 18.2 Å². The Morgan fingerprint density at radius 2 is 1.73 bits per heavy atom. The van der Waals surface area contributed by atoms with E-state index in [0.29, 0.717) is 47.0 Å². The number of carboxylic acid groups (broad SMARTS) is 1. The van der Waals surface area contributed by atoms with Gasteiger partial charge in [-0.1, -0.05) is 64.5 Å². The van der Waals surface area contributed by atoms with E-state index in [2.05, 4.69) is 33.8 Å². The summed E-state index contributed by atoms with van der Waals surface area (Å²) >= 11 is 0. The highest BCUT2D eigenvalue weighted by molar-refractivity contribution is 5.92. The second-order valence-electron chi connectivity index (χ2n) is 13.6. The fraction of sp³-hybridized carbons (Fsp3) is 0.727. The molecule has 1 aromatic rings. The lowest BCUT2D eigenvalue weighted by Gasteiger charge is -2.64. The summed E-state index contributed by atoms with van der Waals surface area (Å²) < 4.78 is 0. The van der Waals surface area contributed by atoms with Crippen LogP contribution in [-0.4, -0.2) is 33.5 Å². The van der Waals surface area contributed by atoms with Gasteiger partial charge in [0.15, 0.2) is 0 Å². The second-order valence-corrected chi connectivity index (χ2v) is 13.6. The lowest BCUT2D eigenvalue weighted by Crippen LogP contribution is -2.62. The summed E-state index contributed by atoms with van der Waals surface area (Å²) in [6.07, 6.45) is 13.5. The van der Waals surface area contributed by atoms with Gasteiger partial charge in [0, 0.05) is 0 Å². The maximum Gasteiger partial charge on any atom is 0.336 e. The fourth-order valence-electron chi connectivity index (χ4n) is 10.3. The number of rotatable bonds is 6. The van der Waals surface area contributed by atoms with Gasteiger partial charge in [0.1, 0.15) is 0 Å². The highest BCUT2D eigenvalue weighted by atomic mass is 16.4. The molecule has 0 amide bonds. The molecule has 1 aromatic carbocycles. The smallest absolute Gasteiger partial charge is 0.336 e. The van der Waals surface area contributed by atoms with Crippen molar-refractivity contribution in [3.05, 3.63) is 41.5 Å². The molecule has 37 heavy (non-hydrogen) atoms. The van der Waals surface area contributed by atoms with Gasteiger partial charge in [-0.2, -0.15) is 0 Å². The molecule has 204 valence electrons. The molecular weight excluding hydrogens is 460 g/mol. The molecule has 0 heterocycles. The van der Waals surface area contributed by atoms with Crippen LogP contribution in [0.1, 0.15) is 101 Å². The predicted octanol–water partition coefficient (Wildman–Crippen LogP) is 7.05. The fourth-order valence-corrected chi connectivity index (χ4v) is 10.3. The van der Waals surface area contributed by atoms with Gasteiger partial charge in [0.25, 0.3) is 0 Å². The average Bonchev–Trinajstić information content (AvgIpc) is 3.22. The number of benzene rings is 1. The van der Waals surface area contributed by atoms with Crippen LogP contribution in [-0.2, 0) is 0 Å². The molecule has 5 rings (SSSR count). The quantitative estimate of drug-likeness (QED) is 0.385. The Labute approximate surface area is 223 Å². The molecule has 4 aliphatic carbocycles. The summed E-state index contributed by atoms with van der Waals surface area (Å²) in [5, 5.41) is 31.9. The summed E-state index contributed by atoms with van der Waals surface area (Å²) in [5.74, 6) is 2.55. The standard InChI is InChI=1S/C33H48O4/c1-5-23-28-19-22(34)15-17-33(28,4)27-16-18-32(3)25(13-14-26(32)29(27)30(23)35)20(2)9-8-11-21-10-6-7-12-24(21)31(36)37/h6-8,10-12,20,22-23,25-30,34-35H,5,9,13-19H2,1-4H3,(H,36,37)/b11-8+/t20-,22-,23-,25-,26+,27+,28+,29+,30-,32-,33-/m1/s1. The van der Waals surface area contributed by atoms with Crippen LogP contribution in [0.4, 0.5) is 0 Å². The zero-order chi connectivity index (χ0) is 26.5. The van der Waals surface area contributed by atoms with E-state index in [0.717, 1.165) is 37.7 Å². The first-order chi connectivity index (χ1) is 17.6. The number of aromatic carboxylic acids is 1. The molecular formula is C33H48O4. The minimum atomic E-state index is -0.879. The summed E-state index contributed by atoms with van der Waals surface area (Å²) in [5.41, 5.74) is 1.63. The zero-order valence-corrected chi connectivity index (χ0v) is 23.3. The number of allylic oxidation sites excluding steroid dienone is 1. The van der Waals surface area contributed by atoms with Crippen LogP contribution in [0.2, 0.25) is 0 Å². The number of aliphatic hydroxyl groups is 2. The molecule has 0 radical (unpaired) electrons. The van der Waals surface area contributed by atoms with E-state index in [-0.39, 0.29) is 23.0 Å². The SMILES string of the molecule is CC[C@H]1[C@@H](O)[C@@H]2[C@H](CC[C@]3(C)[C@@H]([C@H](C)C/C=C/c4ccccc4C(=O)O)CC[C@@H]23)[C@@]2(C)CC[C@@H](O)C[C@@H]12. The Kier molecular flexibility index (Phi) is 7.39. The molecule has 3 N–H and O–H groups in total. The van der Waals surface area contributed by atoms with Crippen molar-refractivity contribution in [1.29, 1.82) is 0 Å². The maximum atomic E-state index is 11.9. The van der Waals surface area contributed by atoms with E-state index < -0.39 is 5.97 Å². The largest absolute Gasteiger partial charge is 0.478 e. The molecule has 4 nitrogen and oxygen atoms in total. The van der Waals surface area contributed by atoms with Gasteiger partial charge >= 0.3 is 5.97 Å². The lowest BCUT2D eigenvalue weighted by atomic mass is 9.41. The van der Waals surface area contributed by atoms with Crippen LogP contribution >= 0.6 is 0 Å². The predicted molar refractivity (Wildman–Crippen MR) is 148 cm³/mol. The molecule has 0 bridgehead atoms. The number of hydrogen-bond donors (Lipinski definition) is 3. The molecule has 0 unspecified atom stereocenters. The summed E-state index contributed by atoms with van der Waals surface area (Å²) in [4.78, 5) is 11.6. The summed E-state index contributed by atoms with van der Waals surface area (Å²) in [7, 11) is 0. The second kappa shape index (κ2) is 10.2. The van der Waals surface area contributed by atoms with Crippen molar-refractivity contribution in [2.24, 2.45) is 52.3 Å². The monoisotopic (exact) mass is 508 g/mol. The van der Waals surface area contributed by atoms with Crippen molar-refractivity contribution < 1.29 is 20.1 Å². The molecule has 0 spiro atoms. The molecule has 11 atom stereocenters. The van der Waals surface area contributed by atoms with Gasteiger partial charge in [-0.25, -0.2) is 4.79 Å². The number of fused-ring (bicyclic) bond motifs is 5. The van der Waals surface area contributed by atoms with Crippen molar-refractivity contribution in [2.45, 2.75) is 97.7 Å². The Bertz CT molecular complexity index is 1020. The van der Waals surface area contributed by atoms with Gasteiger partial charge < -0.3 is 15.3 Å². The van der Waals surface area contributed by atoms with E-state index in [9.17, 15) is 20.1 Å². The molecule has 4 heteroatoms. The zero-order valence-electron chi connectivity index (χ0n) is 23.3. The third-order valence-corrected chi connectivity index (χ3v) is 12.1. The highest BCUT2D eigenvalue weighted by Gasteiger charge is 2.64. The normalized spacial score (nSPS) is 44.2. The van der Waals surface area contributed by atoms with E-state index in [1.54, 1.807) is 12.1 Å². The molecule has 4 aliphatic rings. The first kappa shape index (κ1) is 26.9. The average molecular weight is 509 g/mol. The van der Waals surface area contributed by atoms with Crippen LogP contribution in [0.5, 0.6) is 0 Å². The van der Waals surface area contributed by atoms with Gasteiger partial charge in [0.05, 0.1) is 17.8 Å². The van der Waals surface area contributed by atoms with Crippen LogP contribution in [0.15, 0.2) is 30.3 Å². The Morgan fingerprint density at radius 1 is 1.03 bits per heavy atom. The maximum absolute atomic E-state index is 11.9. The first-order valence-electron chi connectivity index (χ1n) is 15.0. The topological polar surface area (TPSA) is 77.8 Å². The van der Waals surface area contributed by atoms with E-state index >= 15 is 0 Å². The Morgan fingerprint density at radius 3 is 2.46 bits per heavy atom. The van der Waals surface area contributed by atoms with Crippen molar-refractivity contribution in [3.63, 3.8) is 0 Å². The lowest BCUT2D eigenvalue weighted by molar-refractivity contribution is -0.203. The summed E-state index contributed by atoms with van der Waals surface area (Å²) in [6, 6.07) is 7.23. The van der Waals surface area contributed by atoms with Gasteiger partial charge in [0.2, 0.25) is 0 Å². The molecule has 4 fully saturated rings. The molecule has 4 saturated carbocycles. The highest BCUT2D eigenvalue weighted by Crippen LogP contribution is 2.69. The van der Waals surface area contributed by atoms with Crippen LogP contribution in [0, 0.1) is 52.3 Å². The van der Waals surface area contributed by atoms with Crippen LogP contribution < -0.4 is 0 Å². The van der Waals surface area contributed by atoms with Crippen LogP contribution in [0.3, 0.4) is 0 Å². The number of carbonyl (C=O) groups is 1. The third-order valence-electron chi connectivity index (χ3n) is 12.1. The third kappa shape index (κ3) is 4.40. The van der Waals surface area contributed by atoms with Crippen molar-refractivity contribution >= 4 is 12.0 Å². The molecule has 0 aromatic heterocycles. The molecule has 0 aliphatic heterocycles. The van der Waals surface area contributed by atoms with Crippen molar-refractivity contribution in [2.75, 3.05) is 0 Å². The van der Waals surface area contributed by atoms with Gasteiger partial charge in [-0.05, 0) is 115 Å². The van der Waals surface area contributed by atoms with Gasteiger partial charge in [-0.15, -0.1) is 0 Å². The van der Waals surface area contributed by atoms with Gasteiger partial charge in [-0.3, -0.25) is 0 Å². The number of hydrogen-bond acceptors (Lipinski definition) is 3. The Balaban J connectivity index is 1.34. The number of aliphatic hydroxyl groups excluding tert-OH is 2. The van der Waals surface area contributed by atoms with E-state index in [1.165, 1.54) is 25.7 Å². The number of carboxylic acids is 1. The summed E-state index contributed by atoms with van der Waals surface area (Å²) in [6.45, 7) is 9.65. The minimum Gasteiger partial charge on any atom is -0.478 e.